The molecule has 1 aromatic rings. The third-order valence-electron chi connectivity index (χ3n) is 2.11. The average molecular weight is 342 g/mol. The fraction of sp³-hybridized carbons (Fsp3) is 0.250. The van der Waals surface area contributed by atoms with E-state index in [0.29, 0.717) is 0 Å². The van der Waals surface area contributed by atoms with E-state index in [9.17, 15) is 25.3 Å². The van der Waals surface area contributed by atoms with Gasteiger partial charge in [-0.05, 0) is 24.6 Å². The van der Waals surface area contributed by atoms with Gasteiger partial charge in [-0.25, -0.2) is 0 Å². The summed E-state index contributed by atoms with van der Waals surface area (Å²) >= 11 is 3.88. The second-order valence-electron chi connectivity index (χ2n) is 3.62. The van der Waals surface area contributed by atoms with Crippen molar-refractivity contribution in [1.29, 1.82) is 0 Å². The molecule has 0 saturated heterocycles. The second kappa shape index (κ2) is 7.14. The molecule has 0 aliphatic heterocycles. The molecule has 0 unspecified atom stereocenters. The summed E-state index contributed by atoms with van der Waals surface area (Å²) in [4.78, 5) is 0.0891. The van der Waals surface area contributed by atoms with Crippen LogP contribution in [0.2, 0.25) is 0 Å². The maximum absolute atomic E-state index is 12.3. The molecule has 0 bridgehead atoms. The van der Waals surface area contributed by atoms with Gasteiger partial charge < -0.3 is 17.1 Å². The molecule has 3 nitrogen and oxygen atoms in total. The molecule has 0 N–H and O–H groups in total. The van der Waals surface area contributed by atoms with Gasteiger partial charge in [0.15, 0.2) is 0 Å². The van der Waals surface area contributed by atoms with Gasteiger partial charge in [-0.2, -0.15) is 8.42 Å². The third-order valence-corrected chi connectivity index (χ3v) is 2.96. The number of benzene rings is 1. The van der Waals surface area contributed by atoms with Crippen LogP contribution in [0.25, 0.3) is 0 Å². The van der Waals surface area contributed by atoms with Crippen molar-refractivity contribution in [1.82, 2.24) is 0 Å². The molecule has 0 atom stereocenters. The molecule has 0 fully saturated rings. The van der Waals surface area contributed by atoms with E-state index in [0.717, 1.165) is 12.1 Å². The zero-order valence-electron chi connectivity index (χ0n) is 10.0. The second-order valence-corrected chi connectivity index (χ2v) is 5.05. The van der Waals surface area contributed by atoms with Gasteiger partial charge in [-0.3, -0.25) is 0 Å². The van der Waals surface area contributed by atoms with Crippen LogP contribution in [-0.4, -0.2) is 15.4 Å². The summed E-state index contributed by atoms with van der Waals surface area (Å²) in [6, 6.07) is 1.86. The standard InChI is InChI=1S/C8H8BF4O3S2.K/c1-5-6(4-9(10,11)12)2-7(3-8(5)17)16-18(13,14)15;/h2-3,17H,4H2,1H3;/q-1;+1. The fourth-order valence-electron chi connectivity index (χ4n) is 1.35. The monoisotopic (exact) mass is 342 g/mol. The summed E-state index contributed by atoms with van der Waals surface area (Å²) < 4.78 is 73.7. The molecule has 0 amide bonds. The maximum atomic E-state index is 12.3. The number of thiol groups is 1. The normalized spacial score (nSPS) is 11.9. The summed E-state index contributed by atoms with van der Waals surface area (Å²) in [7, 11) is -5.28. The van der Waals surface area contributed by atoms with Crippen molar-refractivity contribution in [2.45, 2.75) is 18.1 Å². The van der Waals surface area contributed by atoms with E-state index in [2.05, 4.69) is 16.8 Å². The largest absolute Gasteiger partial charge is 1.00 e. The van der Waals surface area contributed by atoms with Crippen molar-refractivity contribution < 1.29 is 80.8 Å². The van der Waals surface area contributed by atoms with Gasteiger partial charge >= 0.3 is 68.9 Å². The molecule has 19 heavy (non-hydrogen) atoms. The predicted octanol–water partition coefficient (Wildman–Crippen LogP) is -0.190. The molecule has 0 heterocycles. The van der Waals surface area contributed by atoms with Crippen molar-refractivity contribution in [2.24, 2.45) is 0 Å². The Morgan fingerprint density at radius 1 is 1.32 bits per heavy atom. The minimum Gasteiger partial charge on any atom is -0.449 e. The topological polar surface area (TPSA) is 43.4 Å². The van der Waals surface area contributed by atoms with E-state index in [1.54, 1.807) is 0 Å². The summed E-state index contributed by atoms with van der Waals surface area (Å²) in [6.07, 6.45) is -1.22. The van der Waals surface area contributed by atoms with Gasteiger partial charge in [-0.1, -0.05) is 15.8 Å². The zero-order valence-corrected chi connectivity index (χ0v) is 14.9. The Kier molecular flexibility index (Phi) is 7.42. The van der Waals surface area contributed by atoms with Crippen LogP contribution in [0.15, 0.2) is 17.0 Å². The van der Waals surface area contributed by atoms with Crippen LogP contribution >= 0.6 is 12.6 Å². The number of hydrogen-bond acceptors (Lipinski definition) is 4. The van der Waals surface area contributed by atoms with Gasteiger partial charge in [-0.15, -0.1) is 12.6 Å². The molecule has 1 aromatic carbocycles. The Labute approximate surface area is 156 Å². The maximum Gasteiger partial charge on any atom is 1.00 e. The van der Waals surface area contributed by atoms with E-state index in [4.69, 9.17) is 0 Å². The summed E-state index contributed by atoms with van der Waals surface area (Å²) in [5.41, 5.74) is 0.0368. The quantitative estimate of drug-likeness (QED) is 0.357. The van der Waals surface area contributed by atoms with E-state index in [1.165, 1.54) is 6.92 Å². The van der Waals surface area contributed by atoms with Crippen LogP contribution in [0, 0.1) is 6.92 Å². The molecule has 0 aliphatic rings. The SMILES string of the molecule is Cc1c(S)cc(OS(=O)(=O)F)cc1C[B-](F)(F)F.[K+]. The minimum atomic E-state index is -5.28. The molecule has 102 valence electrons. The van der Waals surface area contributed by atoms with Crippen molar-refractivity contribution >= 4 is 30.1 Å². The van der Waals surface area contributed by atoms with Gasteiger partial charge in [0.1, 0.15) is 5.75 Å². The fourth-order valence-corrected chi connectivity index (χ4v) is 1.95. The van der Waals surface area contributed by atoms with Crippen LogP contribution in [0.3, 0.4) is 0 Å². The summed E-state index contributed by atoms with van der Waals surface area (Å²) in [5, 5.41) is 0. The van der Waals surface area contributed by atoms with E-state index in [-0.39, 0.29) is 67.4 Å². The Balaban J connectivity index is 0.00000324. The van der Waals surface area contributed by atoms with Gasteiger partial charge in [0, 0.05) is 4.90 Å². The Morgan fingerprint density at radius 2 is 1.84 bits per heavy atom. The summed E-state index contributed by atoms with van der Waals surface area (Å²) in [5.74, 6) is -0.539. The third kappa shape index (κ3) is 7.35. The van der Waals surface area contributed by atoms with Gasteiger partial charge in [0.05, 0.1) is 0 Å². The van der Waals surface area contributed by atoms with Crippen LogP contribution in [0.5, 0.6) is 5.75 Å². The van der Waals surface area contributed by atoms with Crippen LogP contribution in [0.4, 0.5) is 16.8 Å². The van der Waals surface area contributed by atoms with Crippen LogP contribution < -0.4 is 55.6 Å². The predicted molar refractivity (Wildman–Crippen MR) is 61.9 cm³/mol. The van der Waals surface area contributed by atoms with Gasteiger partial charge in [0.2, 0.25) is 0 Å². The van der Waals surface area contributed by atoms with E-state index < -0.39 is 29.6 Å². The molecule has 0 spiro atoms. The molecule has 1 rings (SSSR count). The molecule has 0 aromatic heterocycles. The first kappa shape index (κ1) is 19.7. The van der Waals surface area contributed by atoms with Crippen LogP contribution in [0.1, 0.15) is 11.1 Å². The van der Waals surface area contributed by atoms with Crippen molar-refractivity contribution in [3.8, 4) is 5.75 Å². The summed E-state index contributed by atoms with van der Waals surface area (Å²) in [6.45, 7) is -3.70. The van der Waals surface area contributed by atoms with E-state index in [1.807, 2.05) is 0 Å². The Bertz CT molecular complexity index is 562. The Hall–Kier alpha value is 0.741. The van der Waals surface area contributed by atoms with Gasteiger partial charge in [0.25, 0.3) is 0 Å². The number of hydrogen-bond donors (Lipinski definition) is 1. The molecular weight excluding hydrogens is 334 g/mol. The number of halogens is 4. The molecule has 0 saturated carbocycles. The van der Waals surface area contributed by atoms with E-state index >= 15 is 0 Å². The van der Waals surface area contributed by atoms with Crippen LogP contribution in [-0.2, 0) is 16.8 Å². The molecule has 0 radical (unpaired) electrons. The first-order chi connectivity index (χ1) is 7.98. The smallest absolute Gasteiger partial charge is 0.449 e. The first-order valence-corrected chi connectivity index (χ1v) is 6.41. The van der Waals surface area contributed by atoms with Crippen molar-refractivity contribution in [3.05, 3.63) is 23.3 Å². The zero-order chi connectivity index (χ0) is 14.1. The molecular formula is C8H8BF4KO3S2. The average Bonchev–Trinajstić information content (AvgIpc) is 2.08. The molecule has 11 heteroatoms. The van der Waals surface area contributed by atoms with Crippen molar-refractivity contribution in [2.75, 3.05) is 0 Å². The number of rotatable bonds is 4. The minimum absolute atomic E-state index is 0. The molecule has 0 aliphatic carbocycles. The van der Waals surface area contributed by atoms with Crippen molar-refractivity contribution in [3.63, 3.8) is 0 Å². The first-order valence-electron chi connectivity index (χ1n) is 4.65. The Morgan fingerprint density at radius 3 is 2.26 bits per heavy atom.